The molecule has 24 heavy (non-hydrogen) atoms. The largest absolute Gasteiger partial charge is 0.325 e. The quantitative estimate of drug-likeness (QED) is 0.626. The normalized spacial score (nSPS) is 11.5. The maximum atomic E-state index is 12.3. The van der Waals surface area contributed by atoms with Crippen molar-refractivity contribution in [3.05, 3.63) is 47.8 Å². The lowest BCUT2D eigenvalue weighted by molar-refractivity contribution is -0.117. The van der Waals surface area contributed by atoms with Gasteiger partial charge in [0.15, 0.2) is 11.7 Å². The Kier molecular flexibility index (Phi) is 5.85. The Morgan fingerprint density at radius 2 is 2.04 bits per heavy atom. The number of hydrogen-bond donors (Lipinski definition) is 1. The van der Waals surface area contributed by atoms with Crippen molar-refractivity contribution in [2.24, 2.45) is 13.0 Å². The van der Waals surface area contributed by atoms with Gasteiger partial charge in [0.05, 0.1) is 17.8 Å². The number of carbonyl (C=O) groups excluding carboxylic acids is 2. The van der Waals surface area contributed by atoms with Crippen LogP contribution in [-0.2, 0) is 18.3 Å². The van der Waals surface area contributed by atoms with Crippen molar-refractivity contribution in [1.82, 2.24) is 9.78 Å². The molecule has 2 rings (SSSR count). The maximum absolute atomic E-state index is 12.3. The molecular formula is C18H20N4O2. The van der Waals surface area contributed by atoms with Crippen LogP contribution in [0.3, 0.4) is 0 Å². The lowest BCUT2D eigenvalue weighted by Crippen LogP contribution is -2.28. The fourth-order valence-electron chi connectivity index (χ4n) is 2.30. The molecule has 0 bridgehead atoms. The smallest absolute Gasteiger partial charge is 0.249 e. The highest BCUT2D eigenvalue weighted by atomic mass is 16.2. The van der Waals surface area contributed by atoms with E-state index in [0.29, 0.717) is 5.69 Å². The van der Waals surface area contributed by atoms with Gasteiger partial charge in [-0.2, -0.15) is 10.4 Å². The minimum atomic E-state index is -1.39. The van der Waals surface area contributed by atoms with E-state index >= 15 is 0 Å². The molecule has 0 aliphatic carbocycles. The van der Waals surface area contributed by atoms with Crippen LogP contribution in [-0.4, -0.2) is 21.5 Å². The molecule has 6 heteroatoms. The monoisotopic (exact) mass is 324 g/mol. The molecule has 6 nitrogen and oxygen atoms in total. The molecule has 1 atom stereocenters. The van der Waals surface area contributed by atoms with Crippen LogP contribution in [0, 0.1) is 17.2 Å². The number of anilines is 1. The summed E-state index contributed by atoms with van der Waals surface area (Å²) in [6.07, 6.45) is 6.07. The number of carbonyl (C=O) groups is 2. The Morgan fingerprint density at radius 1 is 1.33 bits per heavy atom. The summed E-state index contributed by atoms with van der Waals surface area (Å²) in [5, 5.41) is 15.7. The molecule has 0 aliphatic heterocycles. The van der Waals surface area contributed by atoms with Crippen LogP contribution in [0.25, 0.3) is 0 Å². The minimum absolute atomic E-state index is 0.245. The van der Waals surface area contributed by atoms with Gasteiger partial charge in [-0.3, -0.25) is 14.3 Å². The second kappa shape index (κ2) is 8.06. The zero-order valence-electron chi connectivity index (χ0n) is 13.8. The Labute approximate surface area is 141 Å². The summed E-state index contributed by atoms with van der Waals surface area (Å²) in [5.41, 5.74) is 2.01. The van der Waals surface area contributed by atoms with Gasteiger partial charge in [-0.15, -0.1) is 0 Å². The fourth-order valence-corrected chi connectivity index (χ4v) is 2.30. The molecule has 0 radical (unpaired) electrons. The predicted molar refractivity (Wildman–Crippen MR) is 90.3 cm³/mol. The third-order valence-corrected chi connectivity index (χ3v) is 3.68. The number of Topliss-reactive ketones (excluding diaryl/α,β-unsaturated/α-hetero) is 1. The standard InChI is InChI=1S/C18H20N4O2/c1-3-4-5-13-6-8-15(9-7-13)21-18(24)16(10-19)17(23)14-11-20-22(2)12-14/h6-9,11-12,16H,3-5H2,1-2H3,(H,21,24)/t16-/m0/s1. The number of rotatable bonds is 7. The van der Waals surface area contributed by atoms with E-state index in [4.69, 9.17) is 0 Å². The van der Waals surface area contributed by atoms with Crippen molar-refractivity contribution >= 4 is 17.4 Å². The highest BCUT2D eigenvalue weighted by Gasteiger charge is 2.28. The SMILES string of the molecule is CCCCc1ccc(NC(=O)[C@@H](C#N)C(=O)c2cnn(C)c2)cc1. The van der Waals surface area contributed by atoms with Gasteiger partial charge in [-0.05, 0) is 30.5 Å². The number of unbranched alkanes of at least 4 members (excludes halogenated alkanes) is 1. The van der Waals surface area contributed by atoms with E-state index in [9.17, 15) is 14.9 Å². The maximum Gasteiger partial charge on any atom is 0.249 e. The van der Waals surface area contributed by atoms with Crippen molar-refractivity contribution < 1.29 is 9.59 Å². The predicted octanol–water partition coefficient (Wildman–Crippen LogP) is 2.72. The van der Waals surface area contributed by atoms with E-state index in [0.717, 1.165) is 19.3 Å². The van der Waals surface area contributed by atoms with E-state index in [-0.39, 0.29) is 5.56 Å². The molecule has 0 fully saturated rings. The molecule has 1 N–H and O–H groups in total. The summed E-state index contributed by atoms with van der Waals surface area (Å²) in [7, 11) is 1.67. The lowest BCUT2D eigenvalue weighted by atomic mass is 10.0. The third kappa shape index (κ3) is 4.29. The molecule has 1 aromatic heterocycles. The molecular weight excluding hydrogens is 304 g/mol. The number of aryl methyl sites for hydroxylation is 2. The highest BCUT2D eigenvalue weighted by Crippen LogP contribution is 2.15. The third-order valence-electron chi connectivity index (χ3n) is 3.68. The van der Waals surface area contributed by atoms with Gasteiger partial charge in [-0.1, -0.05) is 25.5 Å². The number of nitriles is 1. The first-order chi connectivity index (χ1) is 11.5. The summed E-state index contributed by atoms with van der Waals surface area (Å²) in [4.78, 5) is 24.5. The van der Waals surface area contributed by atoms with Gasteiger partial charge >= 0.3 is 0 Å². The molecule has 0 spiro atoms. The van der Waals surface area contributed by atoms with Gasteiger partial charge in [0.25, 0.3) is 0 Å². The summed E-state index contributed by atoms with van der Waals surface area (Å²) in [6, 6.07) is 9.22. The first kappa shape index (κ1) is 17.4. The van der Waals surface area contributed by atoms with Gasteiger partial charge in [-0.25, -0.2) is 0 Å². The van der Waals surface area contributed by atoms with Gasteiger partial charge in [0.2, 0.25) is 5.91 Å². The summed E-state index contributed by atoms with van der Waals surface area (Å²) in [6.45, 7) is 2.13. The number of nitrogens with one attached hydrogen (secondary N) is 1. The molecule has 0 unspecified atom stereocenters. The minimum Gasteiger partial charge on any atom is -0.325 e. The van der Waals surface area contributed by atoms with E-state index < -0.39 is 17.6 Å². The second-order valence-corrected chi connectivity index (χ2v) is 5.62. The molecule has 1 aromatic carbocycles. The zero-order chi connectivity index (χ0) is 17.5. The number of ketones is 1. The molecule has 0 aliphatic rings. The van der Waals surface area contributed by atoms with E-state index in [1.807, 2.05) is 12.1 Å². The Hall–Kier alpha value is -2.94. The van der Waals surface area contributed by atoms with Crippen LogP contribution in [0.15, 0.2) is 36.7 Å². The van der Waals surface area contributed by atoms with E-state index in [1.54, 1.807) is 25.2 Å². The Bertz CT molecular complexity index is 756. The van der Waals surface area contributed by atoms with Crippen LogP contribution >= 0.6 is 0 Å². The van der Waals surface area contributed by atoms with Crippen molar-refractivity contribution in [1.29, 1.82) is 5.26 Å². The number of hydrogen-bond acceptors (Lipinski definition) is 4. The highest BCUT2D eigenvalue weighted by molar-refractivity contribution is 6.15. The van der Waals surface area contributed by atoms with Gasteiger partial charge in [0.1, 0.15) is 0 Å². The van der Waals surface area contributed by atoms with Crippen molar-refractivity contribution in [2.75, 3.05) is 5.32 Å². The number of amides is 1. The molecule has 124 valence electrons. The Morgan fingerprint density at radius 3 is 2.58 bits per heavy atom. The average molecular weight is 324 g/mol. The summed E-state index contributed by atoms with van der Waals surface area (Å²) < 4.78 is 1.45. The number of aromatic nitrogens is 2. The van der Waals surface area contributed by atoms with Crippen LogP contribution in [0.5, 0.6) is 0 Å². The summed E-state index contributed by atoms with van der Waals surface area (Å²) in [5.74, 6) is -2.58. The molecule has 0 saturated carbocycles. The zero-order valence-corrected chi connectivity index (χ0v) is 13.8. The van der Waals surface area contributed by atoms with Gasteiger partial charge < -0.3 is 5.32 Å². The number of nitrogens with zero attached hydrogens (tertiary/aromatic N) is 3. The first-order valence-corrected chi connectivity index (χ1v) is 7.87. The van der Waals surface area contributed by atoms with Crippen LogP contribution in [0.2, 0.25) is 0 Å². The molecule has 0 saturated heterocycles. The average Bonchev–Trinajstić information content (AvgIpc) is 3.01. The molecule has 2 aromatic rings. The topological polar surface area (TPSA) is 87.8 Å². The van der Waals surface area contributed by atoms with E-state index in [2.05, 4.69) is 17.3 Å². The first-order valence-electron chi connectivity index (χ1n) is 7.87. The summed E-state index contributed by atoms with van der Waals surface area (Å²) >= 11 is 0. The van der Waals surface area contributed by atoms with Crippen LogP contribution < -0.4 is 5.32 Å². The molecule has 1 heterocycles. The van der Waals surface area contributed by atoms with Crippen molar-refractivity contribution in [3.63, 3.8) is 0 Å². The fraction of sp³-hybridized carbons (Fsp3) is 0.333. The number of benzene rings is 1. The molecule has 1 amide bonds. The van der Waals surface area contributed by atoms with Crippen molar-refractivity contribution in [2.45, 2.75) is 26.2 Å². The van der Waals surface area contributed by atoms with Crippen LogP contribution in [0.4, 0.5) is 5.69 Å². The van der Waals surface area contributed by atoms with Gasteiger partial charge in [0, 0.05) is 18.9 Å². The van der Waals surface area contributed by atoms with Crippen molar-refractivity contribution in [3.8, 4) is 6.07 Å². The second-order valence-electron chi connectivity index (χ2n) is 5.62. The van der Waals surface area contributed by atoms with E-state index in [1.165, 1.54) is 22.6 Å². The van der Waals surface area contributed by atoms with Crippen LogP contribution in [0.1, 0.15) is 35.7 Å². The lowest BCUT2D eigenvalue weighted by Gasteiger charge is -2.09. The Balaban J connectivity index is 2.04.